The highest BCUT2D eigenvalue weighted by Gasteiger charge is 2.32. The molecule has 22 heavy (non-hydrogen) atoms. The molecular weight excluding hydrogens is 282 g/mol. The van der Waals surface area contributed by atoms with Crippen molar-refractivity contribution >= 4 is 11.4 Å². The monoisotopic (exact) mass is 301 g/mol. The summed E-state index contributed by atoms with van der Waals surface area (Å²) in [7, 11) is 0. The van der Waals surface area contributed by atoms with Crippen LogP contribution >= 0.6 is 0 Å². The van der Waals surface area contributed by atoms with Crippen LogP contribution in [0.15, 0.2) is 18.2 Å². The zero-order valence-electron chi connectivity index (χ0n) is 12.4. The summed E-state index contributed by atoms with van der Waals surface area (Å²) < 4.78 is 0. The minimum Gasteiger partial charge on any atom is -0.364 e. The average molecular weight is 301 g/mol. The van der Waals surface area contributed by atoms with E-state index in [1.165, 1.54) is 6.07 Å². The van der Waals surface area contributed by atoms with Crippen molar-refractivity contribution in [2.75, 3.05) is 44.2 Å². The number of nitro benzene ring substituents is 1. The lowest BCUT2D eigenvalue weighted by atomic mass is 10.1. The molecule has 1 aromatic rings. The Kier molecular flexibility index (Phi) is 4.22. The van der Waals surface area contributed by atoms with Crippen molar-refractivity contribution in [2.24, 2.45) is 0 Å². The number of para-hydroxylation sites is 1. The molecule has 3 rings (SSSR count). The third-order valence-electron chi connectivity index (χ3n) is 4.49. The number of rotatable bonds is 3. The van der Waals surface area contributed by atoms with E-state index in [0.29, 0.717) is 11.7 Å². The Bertz CT molecular complexity index is 606. The Balaban J connectivity index is 1.81. The topological polar surface area (TPSA) is 85.4 Å². The molecule has 2 heterocycles. The van der Waals surface area contributed by atoms with Gasteiger partial charge in [0.1, 0.15) is 17.3 Å². The largest absolute Gasteiger partial charge is 0.364 e. The summed E-state index contributed by atoms with van der Waals surface area (Å²) >= 11 is 0. The summed E-state index contributed by atoms with van der Waals surface area (Å²) in [6, 6.07) is 7.34. The molecular formula is C15H19N5O2. The van der Waals surface area contributed by atoms with E-state index in [1.54, 1.807) is 12.1 Å². The van der Waals surface area contributed by atoms with E-state index in [1.807, 2.05) is 11.0 Å². The Morgan fingerprint density at radius 3 is 2.77 bits per heavy atom. The maximum atomic E-state index is 11.4. The fourth-order valence-corrected chi connectivity index (χ4v) is 3.37. The number of anilines is 1. The molecule has 0 spiro atoms. The molecule has 1 atom stereocenters. The van der Waals surface area contributed by atoms with Gasteiger partial charge in [-0.1, -0.05) is 6.07 Å². The highest BCUT2D eigenvalue weighted by Crippen LogP contribution is 2.34. The molecule has 7 nitrogen and oxygen atoms in total. The van der Waals surface area contributed by atoms with E-state index in [4.69, 9.17) is 5.26 Å². The van der Waals surface area contributed by atoms with E-state index in [9.17, 15) is 10.1 Å². The van der Waals surface area contributed by atoms with Crippen LogP contribution in [-0.4, -0.2) is 55.1 Å². The predicted molar refractivity (Wildman–Crippen MR) is 82.9 cm³/mol. The fourth-order valence-electron chi connectivity index (χ4n) is 3.37. The summed E-state index contributed by atoms with van der Waals surface area (Å²) in [5, 5.41) is 23.8. The number of nitrogens with one attached hydrogen (secondary N) is 1. The molecule has 2 aliphatic rings. The lowest BCUT2D eigenvalue weighted by molar-refractivity contribution is -0.384. The van der Waals surface area contributed by atoms with Crippen molar-refractivity contribution in [1.82, 2.24) is 10.2 Å². The Hall–Kier alpha value is -2.17. The Morgan fingerprint density at radius 2 is 2.09 bits per heavy atom. The Morgan fingerprint density at radius 1 is 1.32 bits per heavy atom. The summed E-state index contributed by atoms with van der Waals surface area (Å²) in [5.41, 5.74) is 0.640. The van der Waals surface area contributed by atoms with Crippen LogP contribution in [0, 0.1) is 21.4 Å². The fraction of sp³-hybridized carbons (Fsp3) is 0.533. The number of nitrogens with zero attached hydrogens (tertiary/aromatic N) is 4. The number of nitriles is 1. The first-order chi connectivity index (χ1) is 10.7. The van der Waals surface area contributed by atoms with Crippen LogP contribution < -0.4 is 10.2 Å². The van der Waals surface area contributed by atoms with Gasteiger partial charge >= 0.3 is 5.69 Å². The van der Waals surface area contributed by atoms with Crippen LogP contribution in [0.2, 0.25) is 0 Å². The molecule has 116 valence electrons. The van der Waals surface area contributed by atoms with Gasteiger partial charge in [-0.2, -0.15) is 5.26 Å². The first-order valence-electron chi connectivity index (χ1n) is 7.58. The van der Waals surface area contributed by atoms with Crippen LogP contribution in [0.3, 0.4) is 0 Å². The third kappa shape index (κ3) is 2.75. The minimum absolute atomic E-state index is 0.0639. The summed E-state index contributed by atoms with van der Waals surface area (Å²) in [5.74, 6) is 0. The average Bonchev–Trinajstić information content (AvgIpc) is 3.04. The number of benzene rings is 1. The zero-order valence-corrected chi connectivity index (χ0v) is 12.4. The van der Waals surface area contributed by atoms with Crippen LogP contribution in [0.5, 0.6) is 0 Å². The normalized spacial score (nSPS) is 22.5. The molecule has 0 bridgehead atoms. The van der Waals surface area contributed by atoms with Gasteiger partial charge < -0.3 is 10.2 Å². The molecule has 1 unspecified atom stereocenters. The molecule has 0 aliphatic carbocycles. The molecule has 2 aliphatic heterocycles. The molecule has 0 aromatic heterocycles. The van der Waals surface area contributed by atoms with Gasteiger partial charge in [0, 0.05) is 45.3 Å². The molecule has 1 N–H and O–H groups in total. The van der Waals surface area contributed by atoms with Crippen molar-refractivity contribution in [3.8, 4) is 6.07 Å². The van der Waals surface area contributed by atoms with Crippen LogP contribution in [0.1, 0.15) is 12.0 Å². The Labute approximate surface area is 129 Å². The second kappa shape index (κ2) is 6.30. The maximum Gasteiger partial charge on any atom is 0.310 e. The van der Waals surface area contributed by atoms with Gasteiger partial charge in [-0.25, -0.2) is 0 Å². The summed E-state index contributed by atoms with van der Waals surface area (Å²) in [6.45, 7) is 5.64. The first-order valence-corrected chi connectivity index (χ1v) is 7.58. The van der Waals surface area contributed by atoms with Gasteiger partial charge in [-0.15, -0.1) is 0 Å². The van der Waals surface area contributed by atoms with Crippen molar-refractivity contribution in [3.05, 3.63) is 33.9 Å². The number of hydrogen-bond acceptors (Lipinski definition) is 6. The minimum atomic E-state index is -0.438. The van der Waals surface area contributed by atoms with Crippen LogP contribution in [-0.2, 0) is 0 Å². The van der Waals surface area contributed by atoms with Gasteiger partial charge in [0.2, 0.25) is 0 Å². The lowest BCUT2D eigenvalue weighted by Gasteiger charge is -2.32. The van der Waals surface area contributed by atoms with E-state index >= 15 is 0 Å². The maximum absolute atomic E-state index is 11.4. The van der Waals surface area contributed by atoms with E-state index in [2.05, 4.69) is 10.2 Å². The lowest BCUT2D eigenvalue weighted by Crippen LogP contribution is -2.49. The van der Waals surface area contributed by atoms with Crippen molar-refractivity contribution < 1.29 is 4.92 Å². The standard InChI is InChI=1S/C15H19N5O2/c16-10-12-2-1-3-14(15(12)20(21)22)19-7-4-13(11-19)18-8-5-17-6-9-18/h1-3,13,17H,4-9,11H2. The first kappa shape index (κ1) is 14.8. The van der Waals surface area contributed by atoms with Gasteiger partial charge in [-0.05, 0) is 18.6 Å². The smallest absolute Gasteiger partial charge is 0.310 e. The molecule has 0 radical (unpaired) electrons. The zero-order chi connectivity index (χ0) is 15.5. The van der Waals surface area contributed by atoms with Gasteiger partial charge in [0.15, 0.2) is 0 Å². The van der Waals surface area contributed by atoms with E-state index < -0.39 is 4.92 Å². The van der Waals surface area contributed by atoms with Crippen LogP contribution in [0.4, 0.5) is 11.4 Å². The van der Waals surface area contributed by atoms with Crippen molar-refractivity contribution in [1.29, 1.82) is 5.26 Å². The molecule has 2 fully saturated rings. The summed E-state index contributed by atoms with van der Waals surface area (Å²) in [6.07, 6.45) is 1.01. The number of piperazine rings is 1. The van der Waals surface area contributed by atoms with E-state index in [0.717, 1.165) is 45.7 Å². The molecule has 0 saturated carbocycles. The quantitative estimate of drug-likeness (QED) is 0.661. The number of nitro groups is 1. The van der Waals surface area contributed by atoms with Gasteiger partial charge in [0.05, 0.1) is 4.92 Å². The molecule has 0 amide bonds. The predicted octanol–water partition coefficient (Wildman–Crippen LogP) is 0.950. The molecule has 7 heteroatoms. The molecule has 1 aromatic carbocycles. The van der Waals surface area contributed by atoms with Crippen LogP contribution in [0.25, 0.3) is 0 Å². The summed E-state index contributed by atoms with van der Waals surface area (Å²) in [4.78, 5) is 15.4. The second-order valence-corrected chi connectivity index (χ2v) is 5.72. The molecule has 2 saturated heterocycles. The highest BCUT2D eigenvalue weighted by molar-refractivity contribution is 5.70. The SMILES string of the molecule is N#Cc1cccc(N2CCC(N3CCNCC3)C2)c1[N+](=O)[O-]. The van der Waals surface area contributed by atoms with Gasteiger partial charge in [-0.3, -0.25) is 15.0 Å². The van der Waals surface area contributed by atoms with Crippen molar-refractivity contribution in [2.45, 2.75) is 12.5 Å². The second-order valence-electron chi connectivity index (χ2n) is 5.72. The van der Waals surface area contributed by atoms with E-state index in [-0.39, 0.29) is 11.3 Å². The highest BCUT2D eigenvalue weighted by atomic mass is 16.6. The van der Waals surface area contributed by atoms with Gasteiger partial charge in [0.25, 0.3) is 0 Å². The van der Waals surface area contributed by atoms with Crippen molar-refractivity contribution in [3.63, 3.8) is 0 Å². The number of hydrogen-bond donors (Lipinski definition) is 1. The third-order valence-corrected chi connectivity index (χ3v) is 4.49.